The maximum absolute atomic E-state index is 3.59. The van der Waals surface area contributed by atoms with Gasteiger partial charge in [0.2, 0.25) is 0 Å². The minimum Gasteiger partial charge on any atom is -0.0891 e. The van der Waals surface area contributed by atoms with Crippen LogP contribution >= 0.6 is 0 Å². The fourth-order valence-electron chi connectivity index (χ4n) is 3.90. The molecule has 4 aromatic rings. The van der Waals surface area contributed by atoms with E-state index in [4.69, 9.17) is 0 Å². The van der Waals surface area contributed by atoms with Gasteiger partial charge in [-0.3, -0.25) is 0 Å². The first-order chi connectivity index (χ1) is 16.0. The first-order valence-corrected chi connectivity index (χ1v) is 11.3. The minimum atomic E-state index is 0.0152. The van der Waals surface area contributed by atoms with Crippen molar-refractivity contribution in [2.24, 2.45) is 5.41 Å². The van der Waals surface area contributed by atoms with Gasteiger partial charge >= 0.3 is 0 Å². The Labute approximate surface area is 198 Å². The van der Waals surface area contributed by atoms with E-state index in [0.29, 0.717) is 0 Å². The second-order valence-electron chi connectivity index (χ2n) is 9.19. The molecule has 0 aromatic heterocycles. The van der Waals surface area contributed by atoms with E-state index < -0.39 is 0 Å². The first-order valence-electron chi connectivity index (χ1n) is 11.3. The van der Waals surface area contributed by atoms with Crippen molar-refractivity contribution in [1.82, 2.24) is 0 Å². The third kappa shape index (κ3) is 5.63. The Morgan fingerprint density at radius 1 is 0.576 bits per heavy atom. The van der Waals surface area contributed by atoms with Gasteiger partial charge in [-0.25, -0.2) is 0 Å². The summed E-state index contributed by atoms with van der Waals surface area (Å²) < 4.78 is 0. The average molecular weight is 425 g/mol. The van der Waals surface area contributed by atoms with E-state index in [1.54, 1.807) is 0 Å². The van der Waals surface area contributed by atoms with Crippen molar-refractivity contribution in [2.45, 2.75) is 26.7 Å². The van der Waals surface area contributed by atoms with Crippen LogP contribution in [-0.2, 0) is 0 Å². The van der Waals surface area contributed by atoms with Crippen molar-refractivity contribution in [3.05, 3.63) is 131 Å². The fraction of sp³-hybridized carbons (Fsp3) is 0.152. The lowest BCUT2D eigenvalue weighted by Gasteiger charge is -2.26. The molecule has 160 valence electrons. The van der Waals surface area contributed by atoms with Crippen LogP contribution in [-0.4, -0.2) is 0 Å². The lowest BCUT2D eigenvalue weighted by Crippen LogP contribution is -2.16. The van der Waals surface area contributed by atoms with Crippen LogP contribution in [0, 0.1) is 29.1 Å². The van der Waals surface area contributed by atoms with Gasteiger partial charge in [0.25, 0.3) is 0 Å². The quantitative estimate of drug-likeness (QED) is 0.287. The summed E-state index contributed by atoms with van der Waals surface area (Å²) in [6, 6.07) is 37.4. The second kappa shape index (κ2) is 10.1. The molecule has 0 aliphatic rings. The zero-order valence-corrected chi connectivity index (χ0v) is 19.5. The smallest absolute Gasteiger partial charge is 0.0504 e. The van der Waals surface area contributed by atoms with Crippen molar-refractivity contribution >= 4 is 0 Å². The van der Waals surface area contributed by atoms with Crippen LogP contribution in [0.4, 0.5) is 0 Å². The molecule has 0 heteroatoms. The molecule has 0 aliphatic carbocycles. The maximum atomic E-state index is 3.59. The summed E-state index contributed by atoms with van der Waals surface area (Å²) in [5.74, 6) is 14.0. The molecule has 33 heavy (non-hydrogen) atoms. The molecular formula is C33H28. The van der Waals surface area contributed by atoms with Gasteiger partial charge in [-0.05, 0) is 40.3 Å². The summed E-state index contributed by atoms with van der Waals surface area (Å²) >= 11 is 0. The van der Waals surface area contributed by atoms with Gasteiger partial charge in [0.15, 0.2) is 0 Å². The molecule has 0 fully saturated rings. The van der Waals surface area contributed by atoms with Crippen molar-refractivity contribution < 1.29 is 0 Å². The van der Waals surface area contributed by atoms with E-state index in [2.05, 4.69) is 117 Å². The predicted molar refractivity (Wildman–Crippen MR) is 140 cm³/mol. The third-order valence-corrected chi connectivity index (χ3v) is 5.60. The molecule has 0 radical (unpaired) electrons. The van der Waals surface area contributed by atoms with E-state index in [-0.39, 0.29) is 11.3 Å². The highest BCUT2D eigenvalue weighted by Crippen LogP contribution is 2.34. The van der Waals surface area contributed by atoms with Crippen LogP contribution in [0.1, 0.15) is 48.9 Å². The number of hydrogen-bond donors (Lipinski definition) is 0. The lowest BCUT2D eigenvalue weighted by atomic mass is 9.77. The Morgan fingerprint density at radius 2 is 1.18 bits per heavy atom. The molecule has 0 bridgehead atoms. The summed E-state index contributed by atoms with van der Waals surface area (Å²) in [7, 11) is 0. The molecule has 0 saturated heterocycles. The Morgan fingerprint density at radius 3 is 1.82 bits per heavy atom. The van der Waals surface area contributed by atoms with Gasteiger partial charge < -0.3 is 0 Å². The van der Waals surface area contributed by atoms with Crippen LogP contribution < -0.4 is 0 Å². The van der Waals surface area contributed by atoms with E-state index in [1.165, 1.54) is 5.56 Å². The van der Waals surface area contributed by atoms with Crippen molar-refractivity contribution in [2.75, 3.05) is 0 Å². The Hall–Kier alpha value is -4.00. The average Bonchev–Trinajstić information content (AvgIpc) is 2.84. The molecule has 0 N–H and O–H groups in total. The maximum Gasteiger partial charge on any atom is 0.0504 e. The monoisotopic (exact) mass is 424 g/mol. The van der Waals surface area contributed by atoms with Crippen LogP contribution in [0.3, 0.4) is 0 Å². The Kier molecular flexibility index (Phi) is 6.78. The van der Waals surface area contributed by atoms with Gasteiger partial charge in [0, 0.05) is 16.7 Å². The lowest BCUT2D eigenvalue weighted by molar-refractivity contribution is 0.375. The van der Waals surface area contributed by atoms with Gasteiger partial charge in [0.05, 0.1) is 5.92 Å². The fourth-order valence-corrected chi connectivity index (χ4v) is 3.90. The van der Waals surface area contributed by atoms with Gasteiger partial charge in [-0.1, -0.05) is 135 Å². The third-order valence-electron chi connectivity index (χ3n) is 5.60. The largest absolute Gasteiger partial charge is 0.0891 e. The number of hydrogen-bond acceptors (Lipinski definition) is 0. The zero-order valence-electron chi connectivity index (χ0n) is 19.5. The predicted octanol–water partition coefficient (Wildman–Crippen LogP) is 7.93. The number of rotatable bonds is 2. The number of benzene rings is 4. The highest BCUT2D eigenvalue weighted by atomic mass is 14.3. The Balaban J connectivity index is 1.85. The molecule has 0 nitrogen and oxygen atoms in total. The Bertz CT molecular complexity index is 1320. The van der Waals surface area contributed by atoms with Crippen LogP contribution in [0.5, 0.6) is 0 Å². The first kappa shape index (κ1) is 22.2. The summed E-state index contributed by atoms with van der Waals surface area (Å²) in [6.07, 6.45) is 0. The SMILES string of the molecule is CC(C)(C)C(C#Cc1cccc(-c2ccccc2)c1C#Cc1ccccc1)c1ccccc1. The summed E-state index contributed by atoms with van der Waals surface area (Å²) in [6.45, 7) is 6.74. The highest BCUT2D eigenvalue weighted by Gasteiger charge is 2.24. The molecule has 0 spiro atoms. The van der Waals surface area contributed by atoms with Gasteiger partial charge in [-0.2, -0.15) is 0 Å². The summed E-state index contributed by atoms with van der Waals surface area (Å²) in [5, 5.41) is 0. The van der Waals surface area contributed by atoms with E-state index in [9.17, 15) is 0 Å². The van der Waals surface area contributed by atoms with Gasteiger partial charge in [0.1, 0.15) is 0 Å². The van der Waals surface area contributed by atoms with Crippen molar-refractivity contribution in [1.29, 1.82) is 0 Å². The topological polar surface area (TPSA) is 0 Å². The van der Waals surface area contributed by atoms with Crippen LogP contribution in [0.15, 0.2) is 109 Å². The molecule has 0 aliphatic heterocycles. The zero-order chi connectivity index (χ0) is 23.1. The van der Waals surface area contributed by atoms with Crippen LogP contribution in [0.2, 0.25) is 0 Å². The van der Waals surface area contributed by atoms with Crippen molar-refractivity contribution in [3.63, 3.8) is 0 Å². The van der Waals surface area contributed by atoms with Crippen molar-refractivity contribution in [3.8, 4) is 34.8 Å². The molecule has 0 saturated carbocycles. The summed E-state index contributed by atoms with van der Waals surface area (Å²) in [5.41, 5.74) is 6.45. The molecule has 0 amide bonds. The molecular weight excluding hydrogens is 396 g/mol. The molecule has 0 heterocycles. The van der Waals surface area contributed by atoms with E-state index >= 15 is 0 Å². The second-order valence-corrected chi connectivity index (χ2v) is 9.19. The van der Waals surface area contributed by atoms with Crippen LogP contribution in [0.25, 0.3) is 11.1 Å². The van der Waals surface area contributed by atoms with E-state index in [1.807, 2.05) is 36.4 Å². The molecule has 1 unspecified atom stereocenters. The van der Waals surface area contributed by atoms with E-state index in [0.717, 1.165) is 27.8 Å². The summed E-state index contributed by atoms with van der Waals surface area (Å²) in [4.78, 5) is 0. The highest BCUT2D eigenvalue weighted by molar-refractivity contribution is 5.75. The molecule has 1 atom stereocenters. The minimum absolute atomic E-state index is 0.0152. The molecule has 4 aromatic carbocycles. The van der Waals surface area contributed by atoms with Gasteiger partial charge in [-0.15, -0.1) is 0 Å². The standard InChI is InChI=1S/C33H28/c1-33(2,3)32(29-18-11-6-12-19-29)25-23-28-20-13-21-30(27-16-9-5-10-17-27)31(28)24-22-26-14-7-4-8-15-26/h4-21,32H,1-3H3. The molecule has 4 rings (SSSR count). The normalized spacial score (nSPS) is 11.5.